The molecule has 0 aliphatic carbocycles. The summed E-state index contributed by atoms with van der Waals surface area (Å²) in [6.07, 6.45) is 1.13. The van der Waals surface area contributed by atoms with Gasteiger partial charge in [-0.3, -0.25) is 13.9 Å². The van der Waals surface area contributed by atoms with Gasteiger partial charge in [0.15, 0.2) is 0 Å². The van der Waals surface area contributed by atoms with Gasteiger partial charge in [0.05, 0.1) is 10.6 Å². The molecule has 9 heteroatoms. The molecule has 3 rings (SSSR count). The Labute approximate surface area is 246 Å². The minimum absolute atomic E-state index is 0.0564. The Hall–Kier alpha value is -3.17. The first-order chi connectivity index (χ1) is 19.0. The lowest BCUT2D eigenvalue weighted by Crippen LogP contribution is -2.53. The highest BCUT2D eigenvalue weighted by atomic mass is 79.9. The summed E-state index contributed by atoms with van der Waals surface area (Å²) >= 11 is 3.40. The molecule has 2 atom stereocenters. The summed E-state index contributed by atoms with van der Waals surface area (Å²) in [6, 6.07) is 20.2. The van der Waals surface area contributed by atoms with E-state index in [0.29, 0.717) is 12.1 Å². The summed E-state index contributed by atoms with van der Waals surface area (Å²) in [5.41, 5.74) is 3.20. The van der Waals surface area contributed by atoms with Gasteiger partial charge in [0.2, 0.25) is 11.8 Å². The molecule has 0 saturated heterocycles. The van der Waals surface area contributed by atoms with E-state index in [1.165, 1.54) is 4.90 Å². The molecule has 0 aliphatic heterocycles. The topological polar surface area (TPSA) is 86.8 Å². The molecule has 0 spiro atoms. The molecular formula is C31H38BrN3O4S. The molecule has 2 amide bonds. The fraction of sp³-hybridized carbons (Fsp3) is 0.355. The second-order valence-corrected chi connectivity index (χ2v) is 12.8. The third-order valence-corrected chi connectivity index (χ3v) is 9.18. The van der Waals surface area contributed by atoms with Gasteiger partial charge in [-0.15, -0.1) is 0 Å². The molecule has 1 N–H and O–H groups in total. The van der Waals surface area contributed by atoms with Crippen LogP contribution in [0, 0.1) is 13.8 Å². The van der Waals surface area contributed by atoms with Crippen molar-refractivity contribution < 1.29 is 18.0 Å². The van der Waals surface area contributed by atoms with Crippen molar-refractivity contribution >= 4 is 43.5 Å². The van der Waals surface area contributed by atoms with Crippen molar-refractivity contribution in [3.63, 3.8) is 0 Å². The number of benzene rings is 3. The molecule has 214 valence electrons. The Balaban J connectivity index is 2.04. The number of hydrogen-bond donors (Lipinski definition) is 1. The van der Waals surface area contributed by atoms with Crippen LogP contribution in [0.15, 0.2) is 82.2 Å². The van der Waals surface area contributed by atoms with Crippen molar-refractivity contribution in [1.82, 2.24) is 10.2 Å². The lowest BCUT2D eigenvalue weighted by molar-refractivity contribution is -0.140. The van der Waals surface area contributed by atoms with Gasteiger partial charge in [-0.2, -0.15) is 0 Å². The van der Waals surface area contributed by atoms with Crippen molar-refractivity contribution in [2.24, 2.45) is 0 Å². The lowest BCUT2D eigenvalue weighted by Gasteiger charge is -2.33. The molecule has 0 heterocycles. The Morgan fingerprint density at radius 2 is 1.40 bits per heavy atom. The predicted molar refractivity (Wildman–Crippen MR) is 164 cm³/mol. The van der Waals surface area contributed by atoms with Crippen LogP contribution in [-0.2, 0) is 26.2 Å². The van der Waals surface area contributed by atoms with Crippen molar-refractivity contribution in [1.29, 1.82) is 0 Å². The van der Waals surface area contributed by atoms with E-state index in [1.54, 1.807) is 48.5 Å². The van der Waals surface area contributed by atoms with Gasteiger partial charge >= 0.3 is 0 Å². The van der Waals surface area contributed by atoms with Gasteiger partial charge in [0, 0.05) is 17.1 Å². The quantitative estimate of drug-likeness (QED) is 0.267. The van der Waals surface area contributed by atoms with E-state index < -0.39 is 28.5 Å². The maximum Gasteiger partial charge on any atom is 0.264 e. The van der Waals surface area contributed by atoms with Crippen LogP contribution in [0.5, 0.6) is 0 Å². The van der Waals surface area contributed by atoms with Crippen LogP contribution in [0.3, 0.4) is 0 Å². The molecule has 0 unspecified atom stereocenters. The van der Waals surface area contributed by atoms with Gasteiger partial charge in [-0.25, -0.2) is 8.42 Å². The molecule has 0 aliphatic rings. The Morgan fingerprint density at radius 1 is 0.850 bits per heavy atom. The molecule has 0 aromatic heterocycles. The molecule has 3 aromatic carbocycles. The molecule has 7 nitrogen and oxygen atoms in total. The number of rotatable bonds is 12. The van der Waals surface area contributed by atoms with Crippen molar-refractivity contribution in [3.05, 3.63) is 94.0 Å². The highest BCUT2D eigenvalue weighted by Crippen LogP contribution is 2.26. The van der Waals surface area contributed by atoms with Gasteiger partial charge < -0.3 is 10.2 Å². The molecule has 0 fully saturated rings. The van der Waals surface area contributed by atoms with Crippen LogP contribution in [0.25, 0.3) is 0 Å². The number of hydrogen-bond acceptors (Lipinski definition) is 4. The summed E-state index contributed by atoms with van der Waals surface area (Å²) in [6.45, 7) is 9.32. The normalized spacial score (nSPS) is 12.8. The van der Waals surface area contributed by atoms with Crippen molar-refractivity contribution in [2.75, 3.05) is 10.8 Å². The Kier molecular flexibility index (Phi) is 10.9. The van der Waals surface area contributed by atoms with Crippen LogP contribution in [-0.4, -0.2) is 43.8 Å². The highest BCUT2D eigenvalue weighted by Gasteiger charge is 2.34. The molecular weight excluding hydrogens is 590 g/mol. The molecule has 0 radical (unpaired) electrons. The highest BCUT2D eigenvalue weighted by molar-refractivity contribution is 9.10. The van der Waals surface area contributed by atoms with E-state index in [0.717, 1.165) is 31.9 Å². The number of nitrogens with zero attached hydrogens (tertiary/aromatic N) is 2. The van der Waals surface area contributed by atoms with E-state index in [4.69, 9.17) is 0 Å². The van der Waals surface area contributed by atoms with Gasteiger partial charge in [0.25, 0.3) is 10.0 Å². The average molecular weight is 629 g/mol. The minimum atomic E-state index is -4.10. The fourth-order valence-corrected chi connectivity index (χ4v) is 5.90. The first-order valence-corrected chi connectivity index (χ1v) is 15.7. The smallest absolute Gasteiger partial charge is 0.264 e. The van der Waals surface area contributed by atoms with E-state index in [9.17, 15) is 18.0 Å². The van der Waals surface area contributed by atoms with Crippen LogP contribution in [0.4, 0.5) is 5.69 Å². The Bertz CT molecular complexity index is 1390. The van der Waals surface area contributed by atoms with Crippen LogP contribution < -0.4 is 9.62 Å². The zero-order valence-corrected chi connectivity index (χ0v) is 26.1. The molecule has 0 bridgehead atoms. The summed E-state index contributed by atoms with van der Waals surface area (Å²) in [4.78, 5) is 29.0. The minimum Gasteiger partial charge on any atom is -0.352 e. The summed E-state index contributed by atoms with van der Waals surface area (Å²) < 4.78 is 29.7. The first kappa shape index (κ1) is 31.4. The zero-order valence-electron chi connectivity index (χ0n) is 23.7. The van der Waals surface area contributed by atoms with E-state index in [1.807, 2.05) is 58.9 Å². The maximum atomic E-state index is 14.1. The number of carbonyl (C=O) groups excluding carboxylic acids is 2. The third-order valence-electron chi connectivity index (χ3n) is 6.86. The maximum absolute atomic E-state index is 14.1. The van der Waals surface area contributed by atoms with Gasteiger partial charge in [-0.1, -0.05) is 77.3 Å². The van der Waals surface area contributed by atoms with E-state index >= 15 is 0 Å². The molecule has 40 heavy (non-hydrogen) atoms. The third kappa shape index (κ3) is 7.95. The molecule has 0 saturated carbocycles. The number of sulfonamides is 1. The van der Waals surface area contributed by atoms with Gasteiger partial charge in [-0.05, 0) is 75.6 Å². The predicted octanol–water partition coefficient (Wildman–Crippen LogP) is 5.98. The average Bonchev–Trinajstić information content (AvgIpc) is 2.93. The lowest BCUT2D eigenvalue weighted by atomic mass is 10.1. The summed E-state index contributed by atoms with van der Waals surface area (Å²) in [5, 5.41) is 2.99. The fourth-order valence-electron chi connectivity index (χ4n) is 4.22. The number of amides is 2. The Morgan fingerprint density at radius 3 is 1.93 bits per heavy atom. The standard InChI is InChI=1S/C31H38BrN3O4S/c1-6-24(5)33-31(37)29(7-2)34(20-25-12-8-22(3)9-13-25)30(36)21-35(27-16-14-26(32)15-17-27)40(38,39)28-18-10-23(4)11-19-28/h8-19,24,29H,6-7,20-21H2,1-5H3,(H,33,37)/t24-,29+/m1/s1. The van der Waals surface area contributed by atoms with E-state index in [-0.39, 0.29) is 23.4 Å². The van der Waals surface area contributed by atoms with Crippen molar-refractivity contribution in [2.45, 2.75) is 71.0 Å². The van der Waals surface area contributed by atoms with Crippen LogP contribution in [0.2, 0.25) is 0 Å². The molecule has 3 aromatic rings. The zero-order chi connectivity index (χ0) is 29.4. The monoisotopic (exact) mass is 627 g/mol. The first-order valence-electron chi connectivity index (χ1n) is 13.5. The summed E-state index contributed by atoms with van der Waals surface area (Å²) in [7, 11) is -4.10. The SMILES string of the molecule is CC[C@@H](C)NC(=O)[C@H](CC)N(Cc1ccc(C)cc1)C(=O)CN(c1ccc(Br)cc1)S(=O)(=O)c1ccc(C)cc1. The summed E-state index contributed by atoms with van der Waals surface area (Å²) in [5.74, 6) is -0.723. The van der Waals surface area contributed by atoms with E-state index in [2.05, 4.69) is 21.2 Å². The largest absolute Gasteiger partial charge is 0.352 e. The van der Waals surface area contributed by atoms with Crippen LogP contribution in [0.1, 0.15) is 50.3 Å². The second-order valence-electron chi connectivity index (χ2n) is 10.1. The van der Waals surface area contributed by atoms with Crippen LogP contribution >= 0.6 is 15.9 Å². The number of nitrogens with one attached hydrogen (secondary N) is 1. The van der Waals surface area contributed by atoms with Crippen molar-refractivity contribution in [3.8, 4) is 0 Å². The van der Waals surface area contributed by atoms with Gasteiger partial charge in [0.1, 0.15) is 12.6 Å². The number of aryl methyl sites for hydroxylation is 2. The second kappa shape index (κ2) is 13.9. The number of halogens is 1. The number of carbonyl (C=O) groups is 2. The number of anilines is 1.